The molecule has 0 atom stereocenters. The monoisotopic (exact) mass is 389 g/mol. The molecule has 0 N–H and O–H groups in total. The van der Waals surface area contributed by atoms with Gasteiger partial charge in [-0.15, -0.1) is 0 Å². The molecule has 6 nitrogen and oxygen atoms in total. The van der Waals surface area contributed by atoms with Crippen LogP contribution in [0.4, 0.5) is 0 Å². The molecule has 0 amide bonds. The quantitative estimate of drug-likeness (QED) is 0.722. The van der Waals surface area contributed by atoms with E-state index in [0.29, 0.717) is 23.1 Å². The number of hydrogen-bond donors (Lipinski definition) is 0. The average molecular weight is 391 g/mol. The largest absolute Gasteiger partial charge is 0.493 e. The summed E-state index contributed by atoms with van der Waals surface area (Å²) in [6, 6.07) is 3.57. The average Bonchev–Trinajstić information content (AvgIpc) is 2.58. The van der Waals surface area contributed by atoms with Crippen molar-refractivity contribution < 1.29 is 14.2 Å². The maximum absolute atomic E-state index is 5.77. The van der Waals surface area contributed by atoms with Gasteiger partial charge in [0.25, 0.3) is 0 Å². The van der Waals surface area contributed by atoms with Gasteiger partial charge in [-0.25, -0.2) is 15.0 Å². The van der Waals surface area contributed by atoms with Gasteiger partial charge in [-0.2, -0.15) is 0 Å². The van der Waals surface area contributed by atoms with Crippen LogP contribution in [0.1, 0.15) is 17.2 Å². The Morgan fingerprint density at radius 1 is 0.917 bits per heavy atom. The molecule has 0 aliphatic carbocycles. The summed E-state index contributed by atoms with van der Waals surface area (Å²) in [5.74, 6) is 1.98. The third kappa shape index (κ3) is 4.41. The minimum Gasteiger partial charge on any atom is -0.493 e. The minimum absolute atomic E-state index is 0.0482. The van der Waals surface area contributed by atoms with Gasteiger partial charge in [-0.3, -0.25) is 0 Å². The van der Waals surface area contributed by atoms with E-state index in [9.17, 15) is 0 Å². The third-order valence-corrected chi connectivity index (χ3v) is 3.46. The minimum atomic E-state index is -1.71. The van der Waals surface area contributed by atoms with E-state index in [4.69, 9.17) is 49.0 Å². The molecule has 0 radical (unpaired) electrons. The molecule has 0 saturated carbocycles. The SMILES string of the molecule is COc1cc(/C=C/c2ncnc(C(Cl)(Cl)Cl)n2)cc(OC)c1OC. The number of hydrogen-bond acceptors (Lipinski definition) is 6. The summed E-state index contributed by atoms with van der Waals surface area (Å²) in [5.41, 5.74) is 0.792. The van der Waals surface area contributed by atoms with E-state index in [1.54, 1.807) is 45.6 Å². The Labute approximate surface area is 154 Å². The first-order chi connectivity index (χ1) is 11.4. The van der Waals surface area contributed by atoms with Crippen LogP contribution < -0.4 is 14.2 Å². The van der Waals surface area contributed by atoms with Crippen LogP contribution in [0.5, 0.6) is 17.2 Å². The topological polar surface area (TPSA) is 66.4 Å². The van der Waals surface area contributed by atoms with Crippen molar-refractivity contribution in [3.8, 4) is 17.2 Å². The Morgan fingerprint density at radius 3 is 2.04 bits per heavy atom. The van der Waals surface area contributed by atoms with E-state index in [1.807, 2.05) is 0 Å². The number of halogens is 3. The second-order valence-corrected chi connectivity index (χ2v) is 6.74. The van der Waals surface area contributed by atoms with Crippen LogP contribution in [0, 0.1) is 0 Å². The number of aromatic nitrogens is 3. The Morgan fingerprint density at radius 2 is 1.54 bits per heavy atom. The van der Waals surface area contributed by atoms with Crippen LogP contribution in [-0.2, 0) is 3.79 Å². The zero-order chi connectivity index (χ0) is 17.7. The molecule has 24 heavy (non-hydrogen) atoms. The molecule has 0 fully saturated rings. The molecule has 0 spiro atoms. The summed E-state index contributed by atoms with van der Waals surface area (Å²) in [6.07, 6.45) is 4.70. The van der Waals surface area contributed by atoms with Crippen molar-refractivity contribution in [1.82, 2.24) is 15.0 Å². The summed E-state index contributed by atoms with van der Waals surface area (Å²) in [4.78, 5) is 11.9. The summed E-state index contributed by atoms with van der Waals surface area (Å²) in [7, 11) is 4.63. The molecule has 0 aliphatic heterocycles. The van der Waals surface area contributed by atoms with Crippen LogP contribution in [-0.4, -0.2) is 36.3 Å². The van der Waals surface area contributed by atoms with Crippen molar-refractivity contribution in [1.29, 1.82) is 0 Å². The van der Waals surface area contributed by atoms with E-state index in [2.05, 4.69) is 15.0 Å². The summed E-state index contributed by atoms with van der Waals surface area (Å²) in [5, 5.41) is 0. The number of rotatable bonds is 5. The van der Waals surface area contributed by atoms with Gasteiger partial charge >= 0.3 is 0 Å². The van der Waals surface area contributed by atoms with E-state index in [1.165, 1.54) is 6.33 Å². The summed E-state index contributed by atoms with van der Waals surface area (Å²) >= 11 is 17.3. The van der Waals surface area contributed by atoms with Crippen molar-refractivity contribution in [2.24, 2.45) is 0 Å². The number of nitrogens with zero attached hydrogens (tertiary/aromatic N) is 3. The van der Waals surface area contributed by atoms with Gasteiger partial charge < -0.3 is 14.2 Å². The first-order valence-corrected chi connectivity index (χ1v) is 7.76. The fourth-order valence-electron chi connectivity index (χ4n) is 1.89. The van der Waals surface area contributed by atoms with Crippen LogP contribution in [0.25, 0.3) is 12.2 Å². The predicted molar refractivity (Wildman–Crippen MR) is 94.1 cm³/mol. The molecular formula is C15H14Cl3N3O3. The molecule has 2 aromatic rings. The zero-order valence-corrected chi connectivity index (χ0v) is 15.4. The van der Waals surface area contributed by atoms with Crippen LogP contribution in [0.15, 0.2) is 18.5 Å². The third-order valence-electron chi connectivity index (χ3n) is 2.96. The number of ether oxygens (including phenoxy) is 3. The number of methoxy groups -OCH3 is 3. The molecule has 0 aliphatic rings. The number of alkyl halides is 3. The van der Waals surface area contributed by atoms with Crippen LogP contribution in [0.2, 0.25) is 0 Å². The van der Waals surface area contributed by atoms with Crippen molar-refractivity contribution in [3.63, 3.8) is 0 Å². The molecule has 0 bridgehead atoms. The highest BCUT2D eigenvalue weighted by Crippen LogP contribution is 2.38. The molecule has 2 rings (SSSR count). The van der Waals surface area contributed by atoms with Gasteiger partial charge in [0.1, 0.15) is 6.33 Å². The normalized spacial score (nSPS) is 11.6. The molecule has 128 valence electrons. The van der Waals surface area contributed by atoms with Crippen LogP contribution in [0.3, 0.4) is 0 Å². The fraction of sp³-hybridized carbons (Fsp3) is 0.267. The highest BCUT2D eigenvalue weighted by Gasteiger charge is 2.26. The predicted octanol–water partition coefficient (Wildman–Crippen LogP) is 3.89. The number of benzene rings is 1. The van der Waals surface area contributed by atoms with Gasteiger partial charge in [0.05, 0.1) is 21.3 Å². The van der Waals surface area contributed by atoms with Crippen LogP contribution >= 0.6 is 34.8 Å². The van der Waals surface area contributed by atoms with E-state index in [0.717, 1.165) is 5.56 Å². The fourth-order valence-corrected chi connectivity index (χ4v) is 2.17. The van der Waals surface area contributed by atoms with Gasteiger partial charge in [0, 0.05) is 0 Å². The van der Waals surface area contributed by atoms with E-state index < -0.39 is 3.79 Å². The smallest absolute Gasteiger partial charge is 0.250 e. The lowest BCUT2D eigenvalue weighted by Crippen LogP contribution is -2.08. The van der Waals surface area contributed by atoms with E-state index >= 15 is 0 Å². The van der Waals surface area contributed by atoms with Gasteiger partial charge in [0.15, 0.2) is 23.1 Å². The molecule has 1 heterocycles. The first kappa shape index (κ1) is 18.6. The maximum atomic E-state index is 5.77. The van der Waals surface area contributed by atoms with E-state index in [-0.39, 0.29) is 5.82 Å². The lowest BCUT2D eigenvalue weighted by Gasteiger charge is -2.12. The molecule has 1 aromatic heterocycles. The van der Waals surface area contributed by atoms with Gasteiger partial charge in [0.2, 0.25) is 9.54 Å². The lowest BCUT2D eigenvalue weighted by atomic mass is 10.1. The second-order valence-electron chi connectivity index (χ2n) is 4.46. The highest BCUT2D eigenvalue weighted by molar-refractivity contribution is 6.66. The molecule has 1 aromatic carbocycles. The Bertz CT molecular complexity index is 723. The molecular weight excluding hydrogens is 377 g/mol. The Hall–Kier alpha value is -1.76. The highest BCUT2D eigenvalue weighted by atomic mass is 35.6. The van der Waals surface area contributed by atoms with Crippen molar-refractivity contribution >= 4 is 47.0 Å². The van der Waals surface area contributed by atoms with Crippen molar-refractivity contribution in [2.75, 3.05) is 21.3 Å². The molecule has 9 heteroatoms. The Balaban J connectivity index is 2.36. The zero-order valence-electron chi connectivity index (χ0n) is 13.1. The van der Waals surface area contributed by atoms with Crippen molar-refractivity contribution in [3.05, 3.63) is 35.7 Å². The second kappa shape index (κ2) is 7.88. The molecule has 0 saturated heterocycles. The summed E-state index contributed by atoms with van der Waals surface area (Å²) in [6.45, 7) is 0. The summed E-state index contributed by atoms with van der Waals surface area (Å²) < 4.78 is 14.2. The van der Waals surface area contributed by atoms with Gasteiger partial charge in [-0.1, -0.05) is 40.9 Å². The molecule has 0 unspecified atom stereocenters. The standard InChI is InChI=1S/C15H14Cl3N3O3/c1-22-10-6-9(7-11(23-2)13(10)24-3)4-5-12-19-8-20-14(21-12)15(16,17)18/h4-8H,1-3H3/b5-4+. The Kier molecular flexibility index (Phi) is 6.10. The first-order valence-electron chi connectivity index (χ1n) is 6.63. The maximum Gasteiger partial charge on any atom is 0.250 e. The lowest BCUT2D eigenvalue weighted by molar-refractivity contribution is 0.324. The van der Waals surface area contributed by atoms with Gasteiger partial charge in [-0.05, 0) is 23.8 Å². The van der Waals surface area contributed by atoms with Crippen molar-refractivity contribution in [2.45, 2.75) is 3.79 Å².